The molecule has 0 radical (unpaired) electrons. The normalized spacial score (nSPS) is 13.4. The Balaban J connectivity index is 3.60. The van der Waals surface area contributed by atoms with E-state index in [1.54, 1.807) is 0 Å². The summed E-state index contributed by atoms with van der Waals surface area (Å²) < 4.78 is 12.4. The highest BCUT2D eigenvalue weighted by Gasteiger charge is 2.08. The predicted molar refractivity (Wildman–Crippen MR) is 53.0 cm³/mol. The molecule has 0 aliphatic rings. The molecule has 0 amide bonds. The van der Waals surface area contributed by atoms with Crippen LogP contribution in [0.25, 0.3) is 0 Å². The van der Waals surface area contributed by atoms with E-state index < -0.39 is 0 Å². The van der Waals surface area contributed by atoms with E-state index in [1.807, 2.05) is 6.92 Å². The maximum Gasteiger partial charge on any atom is 0.0925 e. The van der Waals surface area contributed by atoms with Gasteiger partial charge in [0.1, 0.15) is 0 Å². The Hall–Kier alpha value is -0.330. The van der Waals surface area contributed by atoms with Crippen LogP contribution in [0.5, 0.6) is 0 Å². The van der Waals surface area contributed by atoms with E-state index in [1.165, 1.54) is 0 Å². The van der Waals surface area contributed by atoms with Crippen molar-refractivity contribution in [2.75, 3.05) is 6.67 Å². The third-order valence-electron chi connectivity index (χ3n) is 2.01. The van der Waals surface area contributed by atoms with Crippen molar-refractivity contribution in [2.24, 2.45) is 11.8 Å². The van der Waals surface area contributed by atoms with Crippen molar-refractivity contribution in [1.29, 1.82) is 0 Å². The quantitative estimate of drug-likeness (QED) is 0.532. The fourth-order valence-corrected chi connectivity index (χ4v) is 1.30. The zero-order valence-electron chi connectivity index (χ0n) is 8.57. The second-order valence-electron chi connectivity index (χ2n) is 4.15. The fourth-order valence-electron chi connectivity index (χ4n) is 1.30. The van der Waals surface area contributed by atoms with Gasteiger partial charge >= 0.3 is 0 Å². The van der Waals surface area contributed by atoms with Crippen LogP contribution in [0.15, 0.2) is 12.2 Å². The van der Waals surface area contributed by atoms with Crippen molar-refractivity contribution in [2.45, 2.75) is 40.0 Å². The first-order valence-corrected chi connectivity index (χ1v) is 4.76. The van der Waals surface area contributed by atoms with E-state index in [-0.39, 0.29) is 12.6 Å². The van der Waals surface area contributed by atoms with Crippen LogP contribution in [0.1, 0.15) is 40.0 Å². The maximum absolute atomic E-state index is 12.4. The van der Waals surface area contributed by atoms with E-state index in [0.717, 1.165) is 24.8 Å². The molecule has 0 aromatic carbocycles. The Morgan fingerprint density at radius 3 is 2.25 bits per heavy atom. The van der Waals surface area contributed by atoms with Crippen molar-refractivity contribution < 1.29 is 4.39 Å². The number of rotatable bonds is 6. The number of hydrogen-bond acceptors (Lipinski definition) is 0. The van der Waals surface area contributed by atoms with Gasteiger partial charge in [0.05, 0.1) is 6.67 Å². The highest BCUT2D eigenvalue weighted by atomic mass is 19.1. The summed E-state index contributed by atoms with van der Waals surface area (Å²) in [6.45, 7) is 9.93. The molecule has 0 heterocycles. The summed E-state index contributed by atoms with van der Waals surface area (Å²) in [7, 11) is 0. The van der Waals surface area contributed by atoms with Crippen LogP contribution in [0.4, 0.5) is 4.39 Å². The van der Waals surface area contributed by atoms with Crippen LogP contribution < -0.4 is 0 Å². The predicted octanol–water partition coefficient (Wildman–Crippen LogP) is 3.97. The zero-order valence-corrected chi connectivity index (χ0v) is 8.57. The van der Waals surface area contributed by atoms with Crippen molar-refractivity contribution >= 4 is 0 Å². The second kappa shape index (κ2) is 6.22. The molecule has 0 spiro atoms. The molecule has 1 heteroatoms. The molecular formula is C11H21F. The third kappa shape index (κ3) is 6.38. The van der Waals surface area contributed by atoms with Gasteiger partial charge in [0, 0.05) is 0 Å². The Kier molecular flexibility index (Phi) is 6.04. The van der Waals surface area contributed by atoms with Crippen molar-refractivity contribution in [3.05, 3.63) is 12.2 Å². The van der Waals surface area contributed by atoms with Crippen LogP contribution >= 0.6 is 0 Å². The highest BCUT2D eigenvalue weighted by molar-refractivity contribution is 4.90. The molecule has 0 saturated heterocycles. The lowest BCUT2D eigenvalue weighted by molar-refractivity contribution is 0.322. The van der Waals surface area contributed by atoms with E-state index in [0.29, 0.717) is 5.92 Å². The van der Waals surface area contributed by atoms with Crippen LogP contribution in [-0.4, -0.2) is 6.67 Å². The van der Waals surface area contributed by atoms with Gasteiger partial charge in [0.15, 0.2) is 0 Å². The number of alkyl halides is 1. The standard InChI is InChI=1S/C11H21F/c1-9(2)5-6-11(8-12)7-10(3)4/h9,11H,3,5-8H2,1-2,4H3. The van der Waals surface area contributed by atoms with E-state index in [4.69, 9.17) is 0 Å². The third-order valence-corrected chi connectivity index (χ3v) is 2.01. The molecule has 0 aromatic heterocycles. The smallest absolute Gasteiger partial charge is 0.0925 e. The number of allylic oxidation sites excluding steroid dienone is 1. The van der Waals surface area contributed by atoms with Crippen molar-refractivity contribution in [1.82, 2.24) is 0 Å². The minimum Gasteiger partial charge on any atom is -0.251 e. The molecule has 0 aromatic rings. The van der Waals surface area contributed by atoms with Crippen molar-refractivity contribution in [3.63, 3.8) is 0 Å². The van der Waals surface area contributed by atoms with Gasteiger partial charge in [-0.1, -0.05) is 25.8 Å². The summed E-state index contributed by atoms with van der Waals surface area (Å²) in [5, 5.41) is 0. The Bertz CT molecular complexity index is 127. The molecule has 0 bridgehead atoms. The van der Waals surface area contributed by atoms with Crippen LogP contribution in [-0.2, 0) is 0 Å². The second-order valence-corrected chi connectivity index (χ2v) is 4.15. The molecule has 1 atom stereocenters. The Labute approximate surface area is 75.9 Å². The van der Waals surface area contributed by atoms with Gasteiger partial charge in [-0.2, -0.15) is 0 Å². The Morgan fingerprint density at radius 1 is 1.33 bits per heavy atom. The number of halogens is 1. The molecule has 0 fully saturated rings. The SMILES string of the molecule is C=C(C)CC(CF)CCC(C)C. The molecule has 12 heavy (non-hydrogen) atoms. The monoisotopic (exact) mass is 172 g/mol. The van der Waals surface area contributed by atoms with Gasteiger partial charge in [-0.3, -0.25) is 4.39 Å². The molecule has 0 aliphatic carbocycles. The lowest BCUT2D eigenvalue weighted by Crippen LogP contribution is -2.05. The van der Waals surface area contributed by atoms with Gasteiger partial charge in [-0.05, 0) is 31.6 Å². The summed E-state index contributed by atoms with van der Waals surface area (Å²) in [4.78, 5) is 0. The molecule has 72 valence electrons. The molecule has 0 N–H and O–H groups in total. The van der Waals surface area contributed by atoms with Gasteiger partial charge in [-0.25, -0.2) is 0 Å². The summed E-state index contributed by atoms with van der Waals surface area (Å²) in [5.74, 6) is 0.897. The van der Waals surface area contributed by atoms with E-state index >= 15 is 0 Å². The van der Waals surface area contributed by atoms with Gasteiger partial charge in [0.2, 0.25) is 0 Å². The summed E-state index contributed by atoms with van der Waals surface area (Å²) in [6, 6.07) is 0. The van der Waals surface area contributed by atoms with Gasteiger partial charge in [-0.15, -0.1) is 6.58 Å². The Morgan fingerprint density at radius 2 is 1.92 bits per heavy atom. The van der Waals surface area contributed by atoms with Crippen molar-refractivity contribution in [3.8, 4) is 0 Å². The first-order chi connectivity index (χ1) is 5.56. The lowest BCUT2D eigenvalue weighted by Gasteiger charge is -2.13. The van der Waals surface area contributed by atoms with Gasteiger partial charge < -0.3 is 0 Å². The first kappa shape index (κ1) is 11.7. The van der Waals surface area contributed by atoms with Gasteiger partial charge in [0.25, 0.3) is 0 Å². The molecule has 0 saturated carbocycles. The molecule has 0 nitrogen and oxygen atoms in total. The van der Waals surface area contributed by atoms with Crippen LogP contribution in [0, 0.1) is 11.8 Å². The average Bonchev–Trinajstić information content (AvgIpc) is 1.97. The maximum atomic E-state index is 12.4. The first-order valence-electron chi connectivity index (χ1n) is 4.76. The summed E-state index contributed by atoms with van der Waals surface area (Å²) in [5.41, 5.74) is 1.10. The summed E-state index contributed by atoms with van der Waals surface area (Å²) >= 11 is 0. The molecule has 1 unspecified atom stereocenters. The number of hydrogen-bond donors (Lipinski definition) is 0. The fraction of sp³-hybridized carbons (Fsp3) is 0.818. The summed E-state index contributed by atoms with van der Waals surface area (Å²) in [6.07, 6.45) is 2.98. The molecular weight excluding hydrogens is 151 g/mol. The molecule has 0 rings (SSSR count). The highest BCUT2D eigenvalue weighted by Crippen LogP contribution is 2.19. The van der Waals surface area contributed by atoms with E-state index in [9.17, 15) is 4.39 Å². The van der Waals surface area contributed by atoms with Crippen LogP contribution in [0.3, 0.4) is 0 Å². The largest absolute Gasteiger partial charge is 0.251 e. The minimum atomic E-state index is -0.195. The zero-order chi connectivity index (χ0) is 9.56. The minimum absolute atomic E-state index is 0.195. The average molecular weight is 172 g/mol. The lowest BCUT2D eigenvalue weighted by atomic mass is 9.94. The van der Waals surface area contributed by atoms with E-state index in [2.05, 4.69) is 20.4 Å². The molecule has 0 aliphatic heterocycles. The topological polar surface area (TPSA) is 0 Å². The van der Waals surface area contributed by atoms with Crippen LogP contribution in [0.2, 0.25) is 0 Å².